The summed E-state index contributed by atoms with van der Waals surface area (Å²) < 4.78 is 13.1. The lowest BCUT2D eigenvalue weighted by Crippen LogP contribution is -2.03. The van der Waals surface area contributed by atoms with E-state index in [4.69, 9.17) is 9.47 Å². The Hall–Kier alpha value is -2.22. The quantitative estimate of drug-likeness (QED) is 0.130. The molecule has 0 amide bonds. The number of hydrogen-bond acceptors (Lipinski definition) is 2. The van der Waals surface area contributed by atoms with E-state index in [0.29, 0.717) is 0 Å². The SMILES string of the molecule is CCCCCCCCCOc1c2ccc(C)cc2c(OCCCCCCCCC)c2ccc(C)cc12. The molecule has 0 aliphatic heterocycles. The van der Waals surface area contributed by atoms with Crippen LogP contribution in [0.5, 0.6) is 11.5 Å². The number of fused-ring (bicyclic) bond motifs is 2. The topological polar surface area (TPSA) is 18.5 Å². The number of ether oxygens (including phenoxy) is 2. The van der Waals surface area contributed by atoms with Gasteiger partial charge in [0.1, 0.15) is 11.5 Å². The number of aryl methyl sites for hydroxylation is 2. The number of benzene rings is 3. The average molecular weight is 491 g/mol. The second-order valence-electron chi connectivity index (χ2n) is 10.7. The van der Waals surface area contributed by atoms with Gasteiger partial charge in [-0.15, -0.1) is 0 Å². The summed E-state index contributed by atoms with van der Waals surface area (Å²) >= 11 is 0. The Labute approximate surface area is 220 Å². The van der Waals surface area contributed by atoms with Gasteiger partial charge in [-0.05, 0) is 38.8 Å². The first-order chi connectivity index (χ1) is 17.7. The summed E-state index contributed by atoms with van der Waals surface area (Å²) in [6, 6.07) is 13.4. The Morgan fingerprint density at radius 1 is 0.444 bits per heavy atom. The van der Waals surface area contributed by atoms with Gasteiger partial charge in [0.05, 0.1) is 13.2 Å². The Kier molecular flexibility index (Phi) is 12.4. The molecule has 0 spiro atoms. The average Bonchev–Trinajstić information content (AvgIpc) is 2.87. The van der Waals surface area contributed by atoms with Crippen molar-refractivity contribution in [1.82, 2.24) is 0 Å². The van der Waals surface area contributed by atoms with Crippen molar-refractivity contribution in [3.8, 4) is 11.5 Å². The third-order valence-electron chi connectivity index (χ3n) is 7.32. The lowest BCUT2D eigenvalue weighted by atomic mass is 9.97. The predicted molar refractivity (Wildman–Crippen MR) is 158 cm³/mol. The molecule has 3 rings (SSSR count). The van der Waals surface area contributed by atoms with E-state index in [1.807, 2.05) is 0 Å². The van der Waals surface area contributed by atoms with Gasteiger partial charge in [0.25, 0.3) is 0 Å². The van der Waals surface area contributed by atoms with E-state index in [0.717, 1.165) is 37.6 Å². The Balaban J connectivity index is 1.74. The van der Waals surface area contributed by atoms with Crippen LogP contribution in [0.1, 0.15) is 115 Å². The molecule has 0 heterocycles. The highest BCUT2D eigenvalue weighted by molar-refractivity contribution is 6.11. The first kappa shape index (κ1) is 28.4. The van der Waals surface area contributed by atoms with Crippen LogP contribution in [0.3, 0.4) is 0 Å². The smallest absolute Gasteiger partial charge is 0.135 e. The molecule has 2 nitrogen and oxygen atoms in total. The number of hydrogen-bond donors (Lipinski definition) is 0. The molecule has 0 aliphatic carbocycles. The van der Waals surface area contributed by atoms with Crippen LogP contribution in [0.15, 0.2) is 36.4 Å². The second kappa shape index (κ2) is 15.8. The molecule has 0 fully saturated rings. The van der Waals surface area contributed by atoms with Crippen molar-refractivity contribution in [2.24, 2.45) is 0 Å². The molecule has 0 saturated carbocycles. The van der Waals surface area contributed by atoms with Gasteiger partial charge in [-0.3, -0.25) is 0 Å². The van der Waals surface area contributed by atoms with Gasteiger partial charge in [0.15, 0.2) is 0 Å². The lowest BCUT2D eigenvalue weighted by Gasteiger charge is -2.19. The summed E-state index contributed by atoms with van der Waals surface area (Å²) in [5, 5.41) is 4.72. The minimum Gasteiger partial charge on any atom is -0.492 e. The van der Waals surface area contributed by atoms with Crippen LogP contribution < -0.4 is 9.47 Å². The zero-order valence-corrected chi connectivity index (χ0v) is 23.6. The fourth-order valence-electron chi connectivity index (χ4n) is 5.16. The fraction of sp³-hybridized carbons (Fsp3) is 0.588. The van der Waals surface area contributed by atoms with E-state index in [-0.39, 0.29) is 0 Å². The first-order valence-corrected chi connectivity index (χ1v) is 14.9. The molecule has 2 heteroatoms. The van der Waals surface area contributed by atoms with E-state index in [1.165, 1.54) is 110 Å². The molecular weight excluding hydrogens is 440 g/mol. The highest BCUT2D eigenvalue weighted by Gasteiger charge is 2.17. The zero-order chi connectivity index (χ0) is 25.6. The Morgan fingerprint density at radius 2 is 0.806 bits per heavy atom. The van der Waals surface area contributed by atoms with Crippen molar-refractivity contribution in [3.05, 3.63) is 47.5 Å². The Morgan fingerprint density at radius 3 is 1.19 bits per heavy atom. The van der Waals surface area contributed by atoms with Crippen LogP contribution >= 0.6 is 0 Å². The summed E-state index contributed by atoms with van der Waals surface area (Å²) in [7, 11) is 0. The molecule has 0 N–H and O–H groups in total. The molecule has 198 valence electrons. The minimum absolute atomic E-state index is 0.776. The van der Waals surface area contributed by atoms with Crippen molar-refractivity contribution < 1.29 is 9.47 Å². The van der Waals surface area contributed by atoms with E-state index in [1.54, 1.807) is 0 Å². The van der Waals surface area contributed by atoms with Gasteiger partial charge in [0.2, 0.25) is 0 Å². The molecule has 0 radical (unpaired) electrons. The maximum atomic E-state index is 6.54. The lowest BCUT2D eigenvalue weighted by molar-refractivity contribution is 0.306. The molecule has 0 bridgehead atoms. The molecule has 0 aliphatic rings. The van der Waals surface area contributed by atoms with Crippen molar-refractivity contribution in [1.29, 1.82) is 0 Å². The van der Waals surface area contributed by atoms with Crippen molar-refractivity contribution in [3.63, 3.8) is 0 Å². The molecule has 0 aromatic heterocycles. The normalized spacial score (nSPS) is 11.4. The predicted octanol–water partition coefficient (Wildman–Crippen LogP) is 10.9. The van der Waals surface area contributed by atoms with Crippen LogP contribution in [0.4, 0.5) is 0 Å². The van der Waals surface area contributed by atoms with Crippen LogP contribution in [0.25, 0.3) is 21.5 Å². The van der Waals surface area contributed by atoms with Crippen LogP contribution in [0, 0.1) is 13.8 Å². The maximum absolute atomic E-state index is 6.54. The minimum atomic E-state index is 0.776. The molecule has 0 atom stereocenters. The third kappa shape index (κ3) is 8.43. The highest BCUT2D eigenvalue weighted by Crippen LogP contribution is 2.43. The Bertz CT molecular complexity index is 967. The molecule has 36 heavy (non-hydrogen) atoms. The van der Waals surface area contributed by atoms with Gasteiger partial charge in [0, 0.05) is 21.5 Å². The van der Waals surface area contributed by atoms with Gasteiger partial charge in [-0.2, -0.15) is 0 Å². The van der Waals surface area contributed by atoms with E-state index < -0.39 is 0 Å². The molecular formula is C34H50O2. The molecule has 3 aromatic carbocycles. The van der Waals surface area contributed by atoms with Crippen molar-refractivity contribution in [2.75, 3.05) is 13.2 Å². The van der Waals surface area contributed by atoms with Crippen LogP contribution in [-0.4, -0.2) is 13.2 Å². The van der Waals surface area contributed by atoms with Gasteiger partial charge in [-0.1, -0.05) is 126 Å². The molecule has 3 aromatic rings. The highest BCUT2D eigenvalue weighted by atomic mass is 16.5. The second-order valence-corrected chi connectivity index (χ2v) is 10.7. The van der Waals surface area contributed by atoms with E-state index >= 15 is 0 Å². The van der Waals surface area contributed by atoms with Gasteiger partial charge >= 0.3 is 0 Å². The standard InChI is InChI=1S/C34H50O2/c1-5-7-9-11-13-15-17-23-35-33-29-21-19-28(4)26-32(29)34(30-22-20-27(3)25-31(30)33)36-24-18-16-14-12-10-8-6-2/h19-22,25-26H,5-18,23-24H2,1-4H3. The number of unbranched alkanes of at least 4 members (excludes halogenated alkanes) is 12. The van der Waals surface area contributed by atoms with Gasteiger partial charge < -0.3 is 9.47 Å². The summed E-state index contributed by atoms with van der Waals surface area (Å²) in [4.78, 5) is 0. The fourth-order valence-corrected chi connectivity index (χ4v) is 5.16. The van der Waals surface area contributed by atoms with Crippen LogP contribution in [0.2, 0.25) is 0 Å². The largest absolute Gasteiger partial charge is 0.492 e. The van der Waals surface area contributed by atoms with Crippen molar-refractivity contribution in [2.45, 2.75) is 118 Å². The summed E-state index contributed by atoms with van der Waals surface area (Å²) in [5.41, 5.74) is 2.51. The zero-order valence-electron chi connectivity index (χ0n) is 23.6. The van der Waals surface area contributed by atoms with Crippen molar-refractivity contribution >= 4 is 21.5 Å². The molecule has 0 saturated heterocycles. The summed E-state index contributed by atoms with van der Waals surface area (Å²) in [6.07, 6.45) is 18.1. The number of rotatable bonds is 18. The first-order valence-electron chi connectivity index (χ1n) is 14.9. The monoisotopic (exact) mass is 490 g/mol. The maximum Gasteiger partial charge on any atom is 0.135 e. The van der Waals surface area contributed by atoms with E-state index in [2.05, 4.69) is 64.1 Å². The summed E-state index contributed by atoms with van der Waals surface area (Å²) in [6.45, 7) is 10.4. The van der Waals surface area contributed by atoms with E-state index in [9.17, 15) is 0 Å². The van der Waals surface area contributed by atoms with Gasteiger partial charge in [-0.25, -0.2) is 0 Å². The van der Waals surface area contributed by atoms with Crippen LogP contribution in [-0.2, 0) is 0 Å². The summed E-state index contributed by atoms with van der Waals surface area (Å²) in [5.74, 6) is 2.05. The molecule has 0 unspecified atom stereocenters. The third-order valence-corrected chi connectivity index (χ3v) is 7.32.